The van der Waals surface area contributed by atoms with Crippen molar-refractivity contribution in [1.29, 1.82) is 0 Å². The lowest BCUT2D eigenvalue weighted by Gasteiger charge is -2.40. The van der Waals surface area contributed by atoms with Crippen molar-refractivity contribution in [3.8, 4) is 0 Å². The summed E-state index contributed by atoms with van der Waals surface area (Å²) >= 11 is 0. The first-order valence-electron chi connectivity index (χ1n) is 8.81. The summed E-state index contributed by atoms with van der Waals surface area (Å²) in [5, 5.41) is 0. The fourth-order valence-electron chi connectivity index (χ4n) is 3.97. The van der Waals surface area contributed by atoms with Gasteiger partial charge in [0, 0.05) is 57.1 Å². The molecule has 120 valence electrons. The van der Waals surface area contributed by atoms with Crippen LogP contribution in [0.1, 0.15) is 23.2 Å². The van der Waals surface area contributed by atoms with Crippen LogP contribution in [0.2, 0.25) is 0 Å². The molecule has 2 aliphatic rings. The Kier molecular flexibility index (Phi) is 4.40. The Bertz CT molecular complexity index is 632. The van der Waals surface area contributed by atoms with E-state index >= 15 is 0 Å². The van der Waals surface area contributed by atoms with Gasteiger partial charge in [0.25, 0.3) is 0 Å². The number of benzene rings is 1. The third kappa shape index (κ3) is 3.46. The summed E-state index contributed by atoms with van der Waals surface area (Å²) in [6.07, 6.45) is 5.56. The molecule has 2 aromatic rings. The first-order valence-corrected chi connectivity index (χ1v) is 8.81. The molecule has 0 saturated carbocycles. The standard InChI is InChI=1S/C20H25N3/c1-2-5-17(6-3-1)16-22-11-13-23(14-12-22)19-9-8-18-7-4-10-21-20(18)15-19/h1-7,10,19H,8-9,11-16H2. The number of aryl methyl sites for hydroxylation is 1. The Morgan fingerprint density at radius 3 is 2.61 bits per heavy atom. The van der Waals surface area contributed by atoms with E-state index in [0.29, 0.717) is 6.04 Å². The van der Waals surface area contributed by atoms with Crippen LogP contribution in [-0.2, 0) is 19.4 Å². The van der Waals surface area contributed by atoms with Crippen LogP contribution < -0.4 is 0 Å². The Hall–Kier alpha value is -1.71. The van der Waals surface area contributed by atoms with Crippen LogP contribution in [0.3, 0.4) is 0 Å². The molecular formula is C20H25N3. The predicted molar refractivity (Wildman–Crippen MR) is 93.3 cm³/mol. The van der Waals surface area contributed by atoms with Crippen molar-refractivity contribution in [1.82, 2.24) is 14.8 Å². The Morgan fingerprint density at radius 2 is 1.78 bits per heavy atom. The van der Waals surface area contributed by atoms with Crippen molar-refractivity contribution >= 4 is 0 Å². The van der Waals surface area contributed by atoms with Crippen LogP contribution in [-0.4, -0.2) is 47.0 Å². The zero-order valence-corrected chi connectivity index (χ0v) is 13.7. The summed E-state index contributed by atoms with van der Waals surface area (Å²) in [5.74, 6) is 0. The SMILES string of the molecule is c1ccc(CN2CCN(C3CCc4cccnc4C3)CC2)cc1. The second-order valence-electron chi connectivity index (χ2n) is 6.80. The van der Waals surface area contributed by atoms with Gasteiger partial charge in [0.2, 0.25) is 0 Å². The summed E-state index contributed by atoms with van der Waals surface area (Å²) in [6, 6.07) is 15.8. The fourth-order valence-corrected chi connectivity index (χ4v) is 3.97. The Labute approximate surface area is 139 Å². The smallest absolute Gasteiger partial charge is 0.0451 e. The van der Waals surface area contributed by atoms with Gasteiger partial charge in [-0.25, -0.2) is 0 Å². The molecule has 3 nitrogen and oxygen atoms in total. The van der Waals surface area contributed by atoms with Gasteiger partial charge in [-0.2, -0.15) is 0 Å². The van der Waals surface area contributed by atoms with E-state index in [1.165, 1.54) is 55.8 Å². The van der Waals surface area contributed by atoms with Crippen LogP contribution >= 0.6 is 0 Å². The predicted octanol–water partition coefficient (Wildman–Crippen LogP) is 2.76. The average molecular weight is 307 g/mol. The highest BCUT2D eigenvalue weighted by Crippen LogP contribution is 2.24. The van der Waals surface area contributed by atoms with Gasteiger partial charge in [0.15, 0.2) is 0 Å². The molecule has 23 heavy (non-hydrogen) atoms. The molecule has 3 heteroatoms. The van der Waals surface area contributed by atoms with E-state index in [1.54, 1.807) is 0 Å². The van der Waals surface area contributed by atoms with E-state index in [4.69, 9.17) is 0 Å². The van der Waals surface area contributed by atoms with Gasteiger partial charge in [-0.3, -0.25) is 14.8 Å². The highest BCUT2D eigenvalue weighted by molar-refractivity contribution is 5.24. The molecule has 1 aromatic carbocycles. The molecule has 1 fully saturated rings. The zero-order chi connectivity index (χ0) is 15.5. The second-order valence-corrected chi connectivity index (χ2v) is 6.80. The van der Waals surface area contributed by atoms with Gasteiger partial charge in [-0.15, -0.1) is 0 Å². The molecule has 1 aliphatic heterocycles. The molecule has 0 bridgehead atoms. The van der Waals surface area contributed by atoms with Gasteiger partial charge >= 0.3 is 0 Å². The monoisotopic (exact) mass is 307 g/mol. The third-order valence-corrected chi connectivity index (χ3v) is 5.33. The number of nitrogens with zero attached hydrogens (tertiary/aromatic N) is 3. The van der Waals surface area contributed by atoms with Crippen molar-refractivity contribution in [2.45, 2.75) is 31.8 Å². The summed E-state index contributed by atoms with van der Waals surface area (Å²) < 4.78 is 0. The number of hydrogen-bond acceptors (Lipinski definition) is 3. The molecule has 4 rings (SSSR count). The number of hydrogen-bond donors (Lipinski definition) is 0. The van der Waals surface area contributed by atoms with E-state index in [-0.39, 0.29) is 0 Å². The second kappa shape index (κ2) is 6.81. The number of pyridine rings is 1. The highest BCUT2D eigenvalue weighted by atomic mass is 15.3. The Morgan fingerprint density at radius 1 is 0.957 bits per heavy atom. The lowest BCUT2D eigenvalue weighted by molar-refractivity contribution is 0.0851. The third-order valence-electron chi connectivity index (χ3n) is 5.33. The number of aromatic nitrogens is 1. The quantitative estimate of drug-likeness (QED) is 0.869. The number of fused-ring (bicyclic) bond motifs is 1. The lowest BCUT2D eigenvalue weighted by atomic mass is 9.90. The van der Waals surface area contributed by atoms with Crippen molar-refractivity contribution in [2.24, 2.45) is 0 Å². The number of piperazine rings is 1. The first-order chi connectivity index (χ1) is 11.4. The molecule has 0 N–H and O–H groups in total. The van der Waals surface area contributed by atoms with E-state index in [0.717, 1.165) is 13.0 Å². The number of rotatable bonds is 3. The molecular weight excluding hydrogens is 282 g/mol. The van der Waals surface area contributed by atoms with Gasteiger partial charge < -0.3 is 0 Å². The normalized spacial score (nSPS) is 22.7. The molecule has 2 heterocycles. The van der Waals surface area contributed by atoms with E-state index < -0.39 is 0 Å². The molecule has 1 aromatic heterocycles. The van der Waals surface area contributed by atoms with Crippen molar-refractivity contribution in [3.63, 3.8) is 0 Å². The largest absolute Gasteiger partial charge is 0.297 e. The summed E-state index contributed by atoms with van der Waals surface area (Å²) in [6.45, 7) is 5.84. The van der Waals surface area contributed by atoms with Crippen molar-refractivity contribution in [3.05, 3.63) is 65.5 Å². The first kappa shape index (κ1) is 14.9. The van der Waals surface area contributed by atoms with E-state index in [1.807, 2.05) is 6.20 Å². The topological polar surface area (TPSA) is 19.4 Å². The minimum atomic E-state index is 0.691. The van der Waals surface area contributed by atoms with Crippen molar-refractivity contribution in [2.75, 3.05) is 26.2 Å². The van der Waals surface area contributed by atoms with Crippen molar-refractivity contribution < 1.29 is 0 Å². The minimum Gasteiger partial charge on any atom is -0.297 e. The van der Waals surface area contributed by atoms with Crippen LogP contribution in [0.4, 0.5) is 0 Å². The molecule has 0 radical (unpaired) electrons. The van der Waals surface area contributed by atoms with Gasteiger partial charge in [0.1, 0.15) is 0 Å². The van der Waals surface area contributed by atoms with E-state index in [9.17, 15) is 0 Å². The fraction of sp³-hybridized carbons (Fsp3) is 0.450. The highest BCUT2D eigenvalue weighted by Gasteiger charge is 2.27. The maximum atomic E-state index is 4.60. The maximum absolute atomic E-state index is 4.60. The van der Waals surface area contributed by atoms with Crippen LogP contribution in [0.15, 0.2) is 48.7 Å². The molecule has 1 atom stereocenters. The summed E-state index contributed by atoms with van der Waals surface area (Å²) in [7, 11) is 0. The van der Waals surface area contributed by atoms with Gasteiger partial charge in [0.05, 0.1) is 0 Å². The van der Waals surface area contributed by atoms with Crippen LogP contribution in [0.25, 0.3) is 0 Å². The molecule has 1 unspecified atom stereocenters. The molecule has 1 saturated heterocycles. The minimum absolute atomic E-state index is 0.691. The van der Waals surface area contributed by atoms with Crippen LogP contribution in [0.5, 0.6) is 0 Å². The lowest BCUT2D eigenvalue weighted by Crippen LogP contribution is -2.51. The zero-order valence-electron chi connectivity index (χ0n) is 13.7. The maximum Gasteiger partial charge on any atom is 0.0451 e. The molecule has 0 spiro atoms. The van der Waals surface area contributed by atoms with E-state index in [2.05, 4.69) is 57.2 Å². The Balaban J connectivity index is 1.32. The van der Waals surface area contributed by atoms with Gasteiger partial charge in [-0.1, -0.05) is 36.4 Å². The van der Waals surface area contributed by atoms with Gasteiger partial charge in [-0.05, 0) is 30.0 Å². The molecule has 0 amide bonds. The molecule has 1 aliphatic carbocycles. The average Bonchev–Trinajstić information content (AvgIpc) is 2.63. The van der Waals surface area contributed by atoms with Crippen LogP contribution in [0, 0.1) is 0 Å². The summed E-state index contributed by atoms with van der Waals surface area (Å²) in [4.78, 5) is 9.88. The summed E-state index contributed by atoms with van der Waals surface area (Å²) in [5.41, 5.74) is 4.22.